The molecule has 5 rings (SSSR count). The number of benzene rings is 2. The lowest BCUT2D eigenvalue weighted by molar-refractivity contribution is 0.0698. The molecule has 39 heavy (non-hydrogen) atoms. The second-order valence-electron chi connectivity index (χ2n) is 9.51. The van der Waals surface area contributed by atoms with Gasteiger partial charge < -0.3 is 9.64 Å². The first kappa shape index (κ1) is 26.0. The summed E-state index contributed by atoms with van der Waals surface area (Å²) in [6, 6.07) is 23.2. The third-order valence-electron chi connectivity index (χ3n) is 6.88. The fourth-order valence-electron chi connectivity index (χ4n) is 5.10. The predicted octanol–water partition coefficient (Wildman–Crippen LogP) is 5.10. The van der Waals surface area contributed by atoms with Gasteiger partial charge in [0.15, 0.2) is 11.4 Å². The van der Waals surface area contributed by atoms with E-state index in [1.165, 1.54) is 11.6 Å². The Hall–Kier alpha value is -4.65. The predicted molar refractivity (Wildman–Crippen MR) is 152 cm³/mol. The highest BCUT2D eigenvalue weighted by molar-refractivity contribution is 5.96. The van der Waals surface area contributed by atoms with Gasteiger partial charge in [0.05, 0.1) is 6.04 Å². The van der Waals surface area contributed by atoms with Gasteiger partial charge in [0.1, 0.15) is 13.3 Å². The summed E-state index contributed by atoms with van der Waals surface area (Å²) in [4.78, 5) is 32.9. The van der Waals surface area contributed by atoms with Gasteiger partial charge in [-0.2, -0.15) is 0 Å². The van der Waals surface area contributed by atoms with E-state index in [-0.39, 0.29) is 35.4 Å². The highest BCUT2D eigenvalue weighted by atomic mass is 16.5. The van der Waals surface area contributed by atoms with Crippen LogP contribution in [0.2, 0.25) is 0 Å². The maximum atomic E-state index is 13.8. The maximum Gasteiger partial charge on any atom is 0.278 e. The Labute approximate surface area is 228 Å². The van der Waals surface area contributed by atoms with Gasteiger partial charge in [0, 0.05) is 31.2 Å². The molecular formula is C32H32N4O3. The van der Waals surface area contributed by atoms with Gasteiger partial charge in [-0.15, -0.1) is 6.58 Å². The molecule has 2 aromatic carbocycles. The van der Waals surface area contributed by atoms with Crippen LogP contribution in [0.3, 0.4) is 0 Å². The summed E-state index contributed by atoms with van der Waals surface area (Å²) in [6.07, 6.45) is 8.85. The highest BCUT2D eigenvalue weighted by Gasteiger charge is 2.37. The summed E-state index contributed by atoms with van der Waals surface area (Å²) in [5.41, 5.74) is 4.17. The molecule has 0 fully saturated rings. The molecule has 7 nitrogen and oxygen atoms in total. The standard InChI is InChI=1S/C32H32N4O3/c1-3-10-25-13-8-9-14-27(25)29(26-15-18-33-19-16-26)36-23-34(20-4-2)32(38)30-31(28(37)17-21-35(30)36)39-22-24-11-6-5-7-12-24/h4-9,11-19,21,29H,2-3,10,20,22-23H2,1H3. The minimum Gasteiger partial charge on any atom is -0.482 e. The van der Waals surface area contributed by atoms with Crippen molar-refractivity contribution in [3.05, 3.63) is 142 Å². The molecule has 1 aliphatic heterocycles. The third kappa shape index (κ3) is 5.34. The number of fused-ring (bicyclic) bond motifs is 1. The van der Waals surface area contributed by atoms with E-state index in [2.05, 4.69) is 41.7 Å². The molecule has 1 aliphatic rings. The Bertz CT molecular complexity index is 1500. The lowest BCUT2D eigenvalue weighted by atomic mass is 9.92. The van der Waals surface area contributed by atoms with E-state index < -0.39 is 0 Å². The van der Waals surface area contributed by atoms with Crippen LogP contribution in [-0.4, -0.2) is 33.7 Å². The summed E-state index contributed by atoms with van der Waals surface area (Å²) in [7, 11) is 0. The van der Waals surface area contributed by atoms with E-state index in [0.717, 1.165) is 29.5 Å². The molecule has 4 aromatic rings. The van der Waals surface area contributed by atoms with Crippen molar-refractivity contribution in [1.82, 2.24) is 14.6 Å². The summed E-state index contributed by atoms with van der Waals surface area (Å²) in [5, 5.41) is 2.11. The minimum atomic E-state index is -0.335. The number of hydrogen-bond donors (Lipinski definition) is 0. The third-order valence-corrected chi connectivity index (χ3v) is 6.88. The molecule has 1 unspecified atom stereocenters. The zero-order chi connectivity index (χ0) is 27.2. The van der Waals surface area contributed by atoms with Crippen molar-refractivity contribution in [1.29, 1.82) is 0 Å². The monoisotopic (exact) mass is 520 g/mol. The van der Waals surface area contributed by atoms with E-state index in [4.69, 9.17) is 4.74 Å². The first-order valence-corrected chi connectivity index (χ1v) is 13.2. The van der Waals surface area contributed by atoms with Crippen LogP contribution in [0.1, 0.15) is 52.1 Å². The van der Waals surface area contributed by atoms with Crippen LogP contribution in [-0.2, 0) is 13.0 Å². The van der Waals surface area contributed by atoms with Crippen molar-refractivity contribution in [3.8, 4) is 5.75 Å². The number of pyridine rings is 2. The Morgan fingerprint density at radius 3 is 2.49 bits per heavy atom. The number of aromatic nitrogens is 2. The molecule has 0 saturated carbocycles. The molecule has 1 atom stereocenters. The van der Waals surface area contributed by atoms with Crippen LogP contribution in [0.15, 0.2) is 109 Å². The van der Waals surface area contributed by atoms with Gasteiger partial charge >= 0.3 is 0 Å². The number of carbonyl (C=O) groups is 1. The first-order valence-electron chi connectivity index (χ1n) is 13.2. The molecule has 198 valence electrons. The molecule has 0 N–H and O–H groups in total. The molecule has 0 radical (unpaired) electrons. The Morgan fingerprint density at radius 1 is 1.00 bits per heavy atom. The lowest BCUT2D eigenvalue weighted by Gasteiger charge is -2.44. The normalized spacial score (nSPS) is 13.6. The van der Waals surface area contributed by atoms with Gasteiger partial charge in [0.25, 0.3) is 5.91 Å². The van der Waals surface area contributed by atoms with Gasteiger partial charge in [-0.3, -0.25) is 24.3 Å². The Balaban J connectivity index is 1.68. The molecular weight excluding hydrogens is 488 g/mol. The largest absolute Gasteiger partial charge is 0.482 e. The van der Waals surface area contributed by atoms with E-state index >= 15 is 0 Å². The number of aryl methyl sites for hydroxylation is 1. The van der Waals surface area contributed by atoms with Gasteiger partial charge in [-0.25, -0.2) is 0 Å². The number of hydrogen-bond acceptors (Lipinski definition) is 5. The van der Waals surface area contributed by atoms with Crippen molar-refractivity contribution >= 4 is 5.91 Å². The first-order chi connectivity index (χ1) is 19.1. The summed E-state index contributed by atoms with van der Waals surface area (Å²) >= 11 is 0. The quantitative estimate of drug-likeness (QED) is 0.272. The minimum absolute atomic E-state index is 0.0421. The van der Waals surface area contributed by atoms with E-state index in [0.29, 0.717) is 13.2 Å². The van der Waals surface area contributed by atoms with Crippen LogP contribution in [0.5, 0.6) is 5.75 Å². The molecule has 0 saturated heterocycles. The van der Waals surface area contributed by atoms with Crippen molar-refractivity contribution in [2.45, 2.75) is 32.4 Å². The molecule has 0 spiro atoms. The average molecular weight is 521 g/mol. The zero-order valence-corrected chi connectivity index (χ0v) is 22.1. The molecule has 1 amide bonds. The van der Waals surface area contributed by atoms with Crippen LogP contribution in [0, 0.1) is 0 Å². The van der Waals surface area contributed by atoms with Crippen LogP contribution >= 0.6 is 0 Å². The number of nitrogens with zero attached hydrogens (tertiary/aromatic N) is 4. The van der Waals surface area contributed by atoms with Crippen LogP contribution in [0.4, 0.5) is 0 Å². The Kier molecular flexibility index (Phi) is 7.87. The summed E-state index contributed by atoms with van der Waals surface area (Å²) < 4.78 is 7.87. The smallest absolute Gasteiger partial charge is 0.278 e. The van der Waals surface area contributed by atoms with Gasteiger partial charge in [-0.1, -0.05) is 74.0 Å². The fraction of sp³-hybridized carbons (Fsp3) is 0.219. The number of rotatable bonds is 10. The molecule has 2 aromatic heterocycles. The number of ether oxygens (including phenoxy) is 1. The van der Waals surface area contributed by atoms with E-state index in [1.807, 2.05) is 48.5 Å². The van der Waals surface area contributed by atoms with Gasteiger partial charge in [-0.05, 0) is 40.8 Å². The van der Waals surface area contributed by atoms with Crippen LogP contribution in [0.25, 0.3) is 0 Å². The van der Waals surface area contributed by atoms with Crippen molar-refractivity contribution < 1.29 is 9.53 Å². The summed E-state index contributed by atoms with van der Waals surface area (Å²) in [6.45, 7) is 6.83. The van der Waals surface area contributed by atoms with Crippen molar-refractivity contribution in [3.63, 3.8) is 0 Å². The maximum absolute atomic E-state index is 13.8. The molecule has 0 aliphatic carbocycles. The summed E-state index contributed by atoms with van der Waals surface area (Å²) in [5.74, 6) is -0.234. The molecule has 7 heteroatoms. The SMILES string of the molecule is C=CCN1CN(C(c2ccncc2)c2ccccc2CCC)n2ccc(=O)c(OCc3ccccc3)c2C1=O. The van der Waals surface area contributed by atoms with Gasteiger partial charge in [0.2, 0.25) is 5.43 Å². The second-order valence-corrected chi connectivity index (χ2v) is 9.51. The highest BCUT2D eigenvalue weighted by Crippen LogP contribution is 2.34. The van der Waals surface area contributed by atoms with E-state index in [9.17, 15) is 9.59 Å². The van der Waals surface area contributed by atoms with Crippen LogP contribution < -0.4 is 15.2 Å². The van der Waals surface area contributed by atoms with E-state index in [1.54, 1.807) is 34.2 Å². The molecule has 3 heterocycles. The van der Waals surface area contributed by atoms with Crippen molar-refractivity contribution in [2.75, 3.05) is 18.2 Å². The number of amides is 1. The number of carbonyl (C=O) groups excluding carboxylic acids is 1. The zero-order valence-electron chi connectivity index (χ0n) is 22.1. The second kappa shape index (κ2) is 11.8. The lowest BCUT2D eigenvalue weighted by Crippen LogP contribution is -2.55. The van der Waals surface area contributed by atoms with Crippen molar-refractivity contribution in [2.24, 2.45) is 0 Å². The Morgan fingerprint density at radius 2 is 1.74 bits per heavy atom. The fourth-order valence-corrected chi connectivity index (χ4v) is 5.10. The molecule has 0 bridgehead atoms. The average Bonchev–Trinajstić information content (AvgIpc) is 2.97. The topological polar surface area (TPSA) is 67.7 Å².